The number of thiocarbonyl (C=S) groups is 1. The zero-order valence-electron chi connectivity index (χ0n) is 21.1. The molecule has 194 valence electrons. The first-order valence-electron chi connectivity index (χ1n) is 13.3. The lowest BCUT2D eigenvalue weighted by Crippen LogP contribution is -2.42. The second-order valence-electron chi connectivity index (χ2n) is 10.3. The van der Waals surface area contributed by atoms with Gasteiger partial charge in [0.1, 0.15) is 11.6 Å². The minimum atomic E-state index is 0.0707. The van der Waals surface area contributed by atoms with Gasteiger partial charge in [-0.3, -0.25) is 0 Å². The Bertz CT molecular complexity index is 1040. The van der Waals surface area contributed by atoms with Crippen LogP contribution in [0, 0.1) is 0 Å². The summed E-state index contributed by atoms with van der Waals surface area (Å²) in [6.07, 6.45) is 8.39. The van der Waals surface area contributed by atoms with Gasteiger partial charge >= 0.3 is 0 Å². The largest absolute Gasteiger partial charge is 0.378 e. The molecule has 0 radical (unpaired) electrons. The normalized spacial score (nSPS) is 21.9. The molecule has 1 aromatic carbocycles. The minimum Gasteiger partial charge on any atom is -0.378 e. The van der Waals surface area contributed by atoms with Gasteiger partial charge in [-0.2, -0.15) is 9.97 Å². The summed E-state index contributed by atoms with van der Waals surface area (Å²) < 4.78 is 5.56. The second kappa shape index (κ2) is 11.5. The summed E-state index contributed by atoms with van der Waals surface area (Å²) in [4.78, 5) is 14.5. The number of anilines is 3. The third-order valence-electron chi connectivity index (χ3n) is 7.96. The molecule has 3 heterocycles. The number of piperidine rings is 1. The van der Waals surface area contributed by atoms with Gasteiger partial charge in [0.25, 0.3) is 0 Å². The smallest absolute Gasteiger partial charge is 0.232 e. The van der Waals surface area contributed by atoms with Gasteiger partial charge in [0.05, 0.1) is 13.2 Å². The standard InChI is InChI=1S/C27H37ClN6OS/c1-20-6-2-5-13-34(20)24-18-23(33-14-16-35-17-15-33)30-25(31-24)32-26(36)29-19-27(11-3-4-12-27)21-7-9-22(28)10-8-21/h7-10,18,20H,2-6,11-17,19H2,1H3,(H2,29,30,31,32,36). The van der Waals surface area contributed by atoms with Crippen molar-refractivity contribution in [2.75, 3.05) is 54.5 Å². The molecule has 1 unspecified atom stereocenters. The van der Waals surface area contributed by atoms with Gasteiger partial charge in [-0.25, -0.2) is 0 Å². The molecule has 3 aliphatic rings. The van der Waals surface area contributed by atoms with Crippen LogP contribution < -0.4 is 20.4 Å². The Balaban J connectivity index is 1.32. The number of ether oxygens (including phenoxy) is 1. The molecular weight excluding hydrogens is 492 g/mol. The molecule has 0 bridgehead atoms. The molecule has 5 rings (SSSR count). The van der Waals surface area contributed by atoms with E-state index in [1.807, 2.05) is 12.1 Å². The number of hydrogen-bond donors (Lipinski definition) is 2. The minimum absolute atomic E-state index is 0.0707. The van der Waals surface area contributed by atoms with Gasteiger partial charge in [0, 0.05) is 48.7 Å². The summed E-state index contributed by atoms with van der Waals surface area (Å²) in [5.41, 5.74) is 1.40. The number of nitrogens with one attached hydrogen (secondary N) is 2. The van der Waals surface area contributed by atoms with Crippen LogP contribution in [0.4, 0.5) is 17.6 Å². The van der Waals surface area contributed by atoms with Gasteiger partial charge in [-0.15, -0.1) is 0 Å². The van der Waals surface area contributed by atoms with E-state index in [0.717, 1.165) is 68.9 Å². The SMILES string of the molecule is CC1CCCCN1c1cc(N2CCOCC2)nc(NC(=S)NCC2(c3ccc(Cl)cc3)CCCC2)n1. The average molecular weight is 529 g/mol. The molecule has 1 saturated carbocycles. The van der Waals surface area contributed by atoms with Crippen LogP contribution in [-0.2, 0) is 10.2 Å². The van der Waals surface area contributed by atoms with Crippen molar-refractivity contribution >= 4 is 46.5 Å². The molecule has 3 fully saturated rings. The quantitative estimate of drug-likeness (QED) is 0.499. The van der Waals surface area contributed by atoms with Crippen LogP contribution in [0.1, 0.15) is 57.4 Å². The van der Waals surface area contributed by atoms with E-state index in [2.05, 4.69) is 45.6 Å². The van der Waals surface area contributed by atoms with Crippen LogP contribution in [0.25, 0.3) is 0 Å². The van der Waals surface area contributed by atoms with E-state index in [0.29, 0.717) is 17.1 Å². The maximum Gasteiger partial charge on any atom is 0.232 e. The molecule has 2 saturated heterocycles. The molecule has 7 nitrogen and oxygen atoms in total. The van der Waals surface area contributed by atoms with Crippen LogP contribution in [0.2, 0.25) is 5.02 Å². The lowest BCUT2D eigenvalue weighted by atomic mass is 9.79. The van der Waals surface area contributed by atoms with Gasteiger partial charge in [0.15, 0.2) is 5.11 Å². The third-order valence-corrected chi connectivity index (χ3v) is 8.46. The predicted molar refractivity (Wildman–Crippen MR) is 152 cm³/mol. The molecule has 2 aromatic rings. The first kappa shape index (κ1) is 25.5. The van der Waals surface area contributed by atoms with Crippen LogP contribution >= 0.6 is 23.8 Å². The van der Waals surface area contributed by atoms with Crippen LogP contribution in [0.5, 0.6) is 0 Å². The molecule has 1 atom stereocenters. The number of rotatable bonds is 6. The summed E-state index contributed by atoms with van der Waals surface area (Å²) in [5.74, 6) is 2.45. The van der Waals surface area contributed by atoms with E-state index in [9.17, 15) is 0 Å². The summed E-state index contributed by atoms with van der Waals surface area (Å²) in [7, 11) is 0. The molecule has 0 spiro atoms. The first-order chi connectivity index (χ1) is 17.5. The van der Waals surface area contributed by atoms with E-state index < -0.39 is 0 Å². The highest BCUT2D eigenvalue weighted by Gasteiger charge is 2.35. The molecule has 1 aromatic heterocycles. The lowest BCUT2D eigenvalue weighted by molar-refractivity contribution is 0.122. The fourth-order valence-electron chi connectivity index (χ4n) is 5.84. The fraction of sp³-hybridized carbons (Fsp3) is 0.593. The van der Waals surface area contributed by atoms with E-state index in [-0.39, 0.29) is 5.41 Å². The highest BCUT2D eigenvalue weighted by Crippen LogP contribution is 2.41. The molecule has 2 N–H and O–H groups in total. The molecule has 36 heavy (non-hydrogen) atoms. The van der Waals surface area contributed by atoms with Crippen molar-refractivity contribution in [2.45, 2.75) is 63.3 Å². The average Bonchev–Trinajstić information content (AvgIpc) is 3.39. The Morgan fingerprint density at radius 1 is 1.06 bits per heavy atom. The highest BCUT2D eigenvalue weighted by atomic mass is 35.5. The maximum atomic E-state index is 6.15. The Labute approximate surface area is 225 Å². The monoisotopic (exact) mass is 528 g/mol. The number of morpholine rings is 1. The van der Waals surface area contributed by atoms with Crippen molar-refractivity contribution in [3.63, 3.8) is 0 Å². The van der Waals surface area contributed by atoms with E-state index in [1.165, 1.54) is 37.7 Å². The van der Waals surface area contributed by atoms with E-state index in [1.54, 1.807) is 0 Å². The first-order valence-corrected chi connectivity index (χ1v) is 14.1. The summed E-state index contributed by atoms with van der Waals surface area (Å²) in [6, 6.07) is 10.9. The summed E-state index contributed by atoms with van der Waals surface area (Å²) >= 11 is 11.9. The van der Waals surface area contributed by atoms with E-state index >= 15 is 0 Å². The summed E-state index contributed by atoms with van der Waals surface area (Å²) in [6.45, 7) is 7.18. The number of benzene rings is 1. The zero-order valence-corrected chi connectivity index (χ0v) is 22.7. The van der Waals surface area contributed by atoms with Crippen molar-refractivity contribution < 1.29 is 4.74 Å². The Morgan fingerprint density at radius 2 is 1.78 bits per heavy atom. The molecule has 9 heteroatoms. The van der Waals surface area contributed by atoms with Crippen molar-refractivity contribution in [1.29, 1.82) is 0 Å². The molecule has 1 aliphatic carbocycles. The Kier molecular flexibility index (Phi) is 8.13. The Morgan fingerprint density at radius 3 is 2.50 bits per heavy atom. The summed E-state index contributed by atoms with van der Waals surface area (Å²) in [5, 5.41) is 8.14. The lowest BCUT2D eigenvalue weighted by Gasteiger charge is -2.35. The van der Waals surface area contributed by atoms with Crippen LogP contribution in [-0.4, -0.2) is 60.5 Å². The third kappa shape index (κ3) is 5.87. The molecule has 2 aliphatic heterocycles. The van der Waals surface area contributed by atoms with Gasteiger partial charge in [0.2, 0.25) is 5.95 Å². The Hall–Kier alpha value is -2.16. The fourth-order valence-corrected chi connectivity index (χ4v) is 6.13. The maximum absolute atomic E-state index is 6.15. The van der Waals surface area contributed by atoms with Crippen LogP contribution in [0.3, 0.4) is 0 Å². The van der Waals surface area contributed by atoms with Crippen molar-refractivity contribution in [3.05, 3.63) is 40.9 Å². The van der Waals surface area contributed by atoms with Crippen molar-refractivity contribution in [3.8, 4) is 0 Å². The van der Waals surface area contributed by atoms with Crippen molar-refractivity contribution in [1.82, 2.24) is 15.3 Å². The topological polar surface area (TPSA) is 65.6 Å². The van der Waals surface area contributed by atoms with Crippen LogP contribution in [0.15, 0.2) is 30.3 Å². The number of halogens is 1. The van der Waals surface area contributed by atoms with Crippen molar-refractivity contribution in [2.24, 2.45) is 0 Å². The number of hydrogen-bond acceptors (Lipinski definition) is 6. The highest BCUT2D eigenvalue weighted by molar-refractivity contribution is 7.80. The zero-order chi connectivity index (χ0) is 25.0. The van der Waals surface area contributed by atoms with Gasteiger partial charge in [-0.05, 0) is 68.9 Å². The number of nitrogens with zero attached hydrogens (tertiary/aromatic N) is 4. The number of aromatic nitrogens is 2. The van der Waals surface area contributed by atoms with Gasteiger partial charge < -0.3 is 25.2 Å². The molecule has 0 amide bonds. The van der Waals surface area contributed by atoms with E-state index in [4.69, 9.17) is 38.5 Å². The predicted octanol–water partition coefficient (Wildman–Crippen LogP) is 5.14. The molecular formula is C27H37ClN6OS. The van der Waals surface area contributed by atoms with Gasteiger partial charge in [-0.1, -0.05) is 36.6 Å². The second-order valence-corrected chi connectivity index (χ2v) is 11.2.